The summed E-state index contributed by atoms with van der Waals surface area (Å²) in [5, 5.41) is 30.7. The van der Waals surface area contributed by atoms with E-state index in [0.29, 0.717) is 136 Å². The molecule has 0 spiro atoms. The van der Waals surface area contributed by atoms with E-state index in [1.807, 2.05) is 48.5 Å². The summed E-state index contributed by atoms with van der Waals surface area (Å²) in [6, 6.07) is 87.4. The van der Waals surface area contributed by atoms with Gasteiger partial charge in [-0.3, -0.25) is 0 Å². The monoisotopic (exact) mass is 1770 g/mol. The van der Waals surface area contributed by atoms with Gasteiger partial charge in [0.05, 0.1) is 23.3 Å². The molecule has 3 aromatic heterocycles. The number of aromatic nitrogens is 8. The van der Waals surface area contributed by atoms with Gasteiger partial charge in [0, 0.05) is 66.7 Å². The molecule has 9 heterocycles. The van der Waals surface area contributed by atoms with Gasteiger partial charge < -0.3 is 67.1 Å². The maximum absolute atomic E-state index is 7.01. The van der Waals surface area contributed by atoms with E-state index in [1.165, 1.54) is 108 Å². The Labute approximate surface area is 776 Å². The molecule has 0 saturated heterocycles. The van der Waals surface area contributed by atoms with E-state index in [2.05, 4.69) is 277 Å². The summed E-state index contributed by atoms with van der Waals surface area (Å²) in [5.41, 5.74) is 12.3. The molecule has 0 aliphatic carbocycles. The molecule has 0 saturated carbocycles. The summed E-state index contributed by atoms with van der Waals surface area (Å²) in [5.74, 6) is 5.24. The Kier molecular flexibility index (Phi) is 15.2. The van der Waals surface area contributed by atoms with Gasteiger partial charge in [-0.1, -0.05) is 277 Å². The van der Waals surface area contributed by atoms with Crippen LogP contribution in [0.2, 0.25) is 0 Å². The smallest absolute Gasteiger partial charge is 0.519 e. The van der Waals surface area contributed by atoms with Gasteiger partial charge in [-0.25, -0.2) is 9.97 Å². The molecular weight excluding hydrogens is 1690 g/mol. The SMILES string of the molecule is CC(C)(C)c1cc2ccc3cc(B4Oc5cc6c(cc5O4)-c4nc-6nc5[n-]c(nc6nc(nc7[n-]c(n4)c4cc8c(cc74)OB(c4cc7ccc9cc(C(C)(C)C)cc%10ccc(c4)c7c9%10)O8)-c4cc7c(cc4-6)OB(c4cc6ccc8cc(C(C)(C)C)cc9ccc(c4)c6c89)O7)c4cc6c(cc54)OB(c4cc5ccc7cc(C(C)(C)C)cc8ccc(c4)c5c78)O6)cc4ccc(c1)c2c34.[Zn+2]. The van der Waals surface area contributed by atoms with Crippen molar-refractivity contribution in [1.82, 2.24) is 39.9 Å². The Hall–Kier alpha value is -14.8. The van der Waals surface area contributed by atoms with Crippen molar-refractivity contribution in [2.24, 2.45) is 0 Å². The Morgan fingerprint density at radius 1 is 0.195 bits per heavy atom. The molecule has 8 bridgehead atoms. The van der Waals surface area contributed by atoms with Gasteiger partial charge in [-0.05, 0) is 243 Å². The maximum atomic E-state index is 7.01. The van der Waals surface area contributed by atoms with Crippen LogP contribution in [0.3, 0.4) is 0 Å². The summed E-state index contributed by atoms with van der Waals surface area (Å²) in [7, 11) is -3.25. The zero-order valence-corrected chi connectivity index (χ0v) is 77.9. The summed E-state index contributed by atoms with van der Waals surface area (Å²) in [4.78, 5) is 44.0. The molecule has 23 aromatic rings. The molecular formula is C112H76B4N8O8Zn. The van der Waals surface area contributed by atoms with Gasteiger partial charge in [0.25, 0.3) is 0 Å². The normalized spacial score (nSPS) is 14.2. The molecule has 0 amide bonds. The molecule has 133 heavy (non-hydrogen) atoms. The Morgan fingerprint density at radius 3 is 0.504 bits per heavy atom. The molecule has 0 unspecified atom stereocenters. The van der Waals surface area contributed by atoms with Gasteiger partial charge in [0.1, 0.15) is 46.0 Å². The first-order valence-electron chi connectivity index (χ1n) is 45.4. The van der Waals surface area contributed by atoms with E-state index in [4.69, 9.17) is 77.1 Å². The van der Waals surface area contributed by atoms with E-state index in [1.54, 1.807) is 0 Å². The van der Waals surface area contributed by atoms with Gasteiger partial charge in [-0.15, -0.1) is 0 Å². The first-order chi connectivity index (χ1) is 63.7. The fourth-order valence-electron chi connectivity index (χ4n) is 21.7. The molecule has 21 heteroatoms. The van der Waals surface area contributed by atoms with Gasteiger partial charge in [0.2, 0.25) is 0 Å². The van der Waals surface area contributed by atoms with Gasteiger partial charge in [-0.2, -0.15) is 0 Å². The van der Waals surface area contributed by atoms with Crippen molar-refractivity contribution in [2.45, 2.75) is 105 Å². The summed E-state index contributed by atoms with van der Waals surface area (Å²) in [6.07, 6.45) is 0. The van der Waals surface area contributed by atoms with Crippen molar-refractivity contribution in [2.75, 3.05) is 0 Å². The second kappa shape index (κ2) is 26.3. The largest absolute Gasteiger partial charge is 2.00 e. The van der Waals surface area contributed by atoms with Crippen LogP contribution in [-0.2, 0) is 41.1 Å². The molecule has 16 nitrogen and oxygen atoms in total. The third-order valence-electron chi connectivity index (χ3n) is 28.6. The van der Waals surface area contributed by atoms with E-state index >= 15 is 0 Å². The molecule has 0 atom stereocenters. The Morgan fingerprint density at radius 2 is 0.346 bits per heavy atom. The standard InChI is InChI=1S/C112H76B4N8O8.Zn/c1-109(2,3)69-29-53-13-21-61-37-73(38-62-22-14-54(30-69)93(53)97(61)62)113-125-85-45-77-78(46-86(85)126-113)102-117-101(77)121-103-79-47-87-89(129-114(127-87)74-39-63-23-15-55-31-70(110(4,5)6)32-56-16-24-64(40-74)98(63)94(55)56)49-81(79)105(118-103)123-107-83-51-91-92(132-116(131-91)76-43-67-27-19-59-35-72(112(10,11)12)36-60-20-28-68(44-76)100(67)96(59)60)52-84(83)108(120-107)124-106-82-50-90-88(48-80(82)104(119-106)122-102)128-115(130-90)75-41-65-25-17-57-33-71(111(7,8)9)34-58-18-26-66(42-75)99(65)95(57)58;/h13-52H,1-12H3;/q-2;+2. The number of benzene rings is 20. The van der Waals surface area contributed by atoms with Crippen molar-refractivity contribution in [1.29, 1.82) is 0 Å². The van der Waals surface area contributed by atoms with Crippen molar-refractivity contribution in [3.63, 3.8) is 0 Å². The van der Waals surface area contributed by atoms with Crippen molar-refractivity contribution < 1.29 is 56.7 Å². The van der Waals surface area contributed by atoms with Crippen LogP contribution in [0, 0.1) is 0 Å². The minimum absolute atomic E-state index is 0. The van der Waals surface area contributed by atoms with Gasteiger partial charge in [0.15, 0.2) is 0 Å². The van der Waals surface area contributed by atoms with Crippen molar-refractivity contribution in [3.8, 4) is 91.5 Å². The van der Waals surface area contributed by atoms with Crippen LogP contribution in [0.1, 0.15) is 105 Å². The number of nitrogens with zero attached hydrogens (tertiary/aromatic N) is 8. The predicted molar refractivity (Wildman–Crippen MR) is 536 cm³/mol. The zero-order valence-electron chi connectivity index (χ0n) is 75.0. The molecule has 0 N–H and O–H groups in total. The third kappa shape index (κ3) is 11.4. The first-order valence-corrected chi connectivity index (χ1v) is 45.4. The third-order valence-corrected chi connectivity index (χ3v) is 28.6. The fraction of sp³-hybridized carbons (Fsp3) is 0.143. The summed E-state index contributed by atoms with van der Waals surface area (Å²) in [6.45, 7) is 27.2. The molecule has 626 valence electrons. The quantitative estimate of drug-likeness (QED) is 0.120. The molecule has 20 aromatic carbocycles. The maximum Gasteiger partial charge on any atom is 2.00 e. The average molecular weight is 1770 g/mol. The van der Waals surface area contributed by atoms with Crippen LogP contribution in [-0.4, -0.2) is 58.4 Å². The minimum Gasteiger partial charge on any atom is -0.519 e. The molecule has 6 aliphatic rings. The predicted octanol–water partition coefficient (Wildman–Crippen LogP) is 23.6. The molecule has 6 aliphatic heterocycles. The van der Waals surface area contributed by atoms with E-state index < -0.39 is 28.5 Å². The fourth-order valence-corrected chi connectivity index (χ4v) is 21.7. The van der Waals surface area contributed by atoms with Crippen LogP contribution in [0.4, 0.5) is 0 Å². The van der Waals surface area contributed by atoms with E-state index in [-0.39, 0.29) is 41.1 Å². The minimum atomic E-state index is -0.813. The van der Waals surface area contributed by atoms with Crippen LogP contribution < -0.4 is 69.1 Å². The van der Waals surface area contributed by atoms with Crippen molar-refractivity contribution in [3.05, 3.63) is 265 Å². The second-order valence-electron chi connectivity index (χ2n) is 41.2. The van der Waals surface area contributed by atoms with Gasteiger partial charge >= 0.3 is 48.0 Å². The van der Waals surface area contributed by atoms with Crippen molar-refractivity contribution >= 4 is 224 Å². The van der Waals surface area contributed by atoms with Crippen LogP contribution in [0.15, 0.2) is 243 Å². The number of hydrogen-bond acceptors (Lipinski definition) is 14. The Bertz CT molecular complexity index is 8440. The van der Waals surface area contributed by atoms with Crippen LogP contribution >= 0.6 is 0 Å². The van der Waals surface area contributed by atoms with E-state index in [0.717, 1.165) is 64.9 Å². The van der Waals surface area contributed by atoms with Crippen LogP contribution in [0.5, 0.6) is 46.0 Å². The number of hydrogen-bond donors (Lipinski definition) is 0. The molecule has 0 fully saturated rings. The number of fused-ring (bicyclic) bond motifs is 24. The summed E-state index contributed by atoms with van der Waals surface area (Å²) >= 11 is 0. The first kappa shape index (κ1) is 77.0. The topological polar surface area (TPSA) is 179 Å². The molecule has 0 radical (unpaired) electrons. The second-order valence-corrected chi connectivity index (χ2v) is 41.2. The zero-order chi connectivity index (χ0) is 88.2. The average Bonchev–Trinajstić information content (AvgIpc) is 0.996. The molecule has 29 rings (SSSR count). The van der Waals surface area contributed by atoms with E-state index in [9.17, 15) is 0 Å². The van der Waals surface area contributed by atoms with Crippen LogP contribution in [0.25, 0.3) is 219 Å². The Balaban J connectivity index is 0.00000883. The summed E-state index contributed by atoms with van der Waals surface area (Å²) < 4.78 is 56.1. The number of rotatable bonds is 4.